The van der Waals surface area contributed by atoms with Gasteiger partial charge in [0, 0.05) is 0 Å². The van der Waals surface area contributed by atoms with Crippen molar-refractivity contribution in [2.75, 3.05) is 0 Å². The molecule has 0 saturated carbocycles. The minimum Gasteiger partial charge on any atom is -0.410 e. The highest BCUT2D eigenvalue weighted by Gasteiger charge is 2.38. The van der Waals surface area contributed by atoms with Gasteiger partial charge in [-0.2, -0.15) is 0 Å². The third-order valence-corrected chi connectivity index (χ3v) is 4.18. The maximum absolute atomic E-state index is 9.83. The summed E-state index contributed by atoms with van der Waals surface area (Å²) in [5, 5.41) is 6.35. The lowest BCUT2D eigenvalue weighted by Crippen LogP contribution is -2.49. The van der Waals surface area contributed by atoms with E-state index in [-0.39, 0.29) is 5.92 Å². The van der Waals surface area contributed by atoms with Crippen LogP contribution in [0.25, 0.3) is 0 Å². The first-order chi connectivity index (χ1) is 9.27. The van der Waals surface area contributed by atoms with Crippen molar-refractivity contribution in [1.82, 2.24) is 0 Å². The Labute approximate surface area is 131 Å². The molecule has 0 aromatic heterocycles. The second kappa shape index (κ2) is 10.0. The van der Waals surface area contributed by atoms with E-state index in [0.29, 0.717) is 0 Å². The molecular formula is C15H28B4O. The van der Waals surface area contributed by atoms with Crippen molar-refractivity contribution in [3.63, 3.8) is 0 Å². The molecule has 5 heteroatoms. The molecule has 1 nitrogen and oxygen atoms in total. The van der Waals surface area contributed by atoms with Crippen LogP contribution in [0.15, 0.2) is 0 Å². The van der Waals surface area contributed by atoms with Gasteiger partial charge in [0.1, 0.15) is 0 Å². The Bertz CT molecular complexity index is 227. The maximum Gasteiger partial charge on any atom is 0.0977 e. The highest BCUT2D eigenvalue weighted by molar-refractivity contribution is 6.53. The summed E-state index contributed by atoms with van der Waals surface area (Å²) in [6.07, 6.45) is 11.0. The van der Waals surface area contributed by atoms with Crippen LogP contribution < -0.4 is 0 Å². The van der Waals surface area contributed by atoms with Gasteiger partial charge in [-0.05, 0) is 11.3 Å². The summed E-state index contributed by atoms with van der Waals surface area (Å²) in [7, 11) is 23.2. The molecule has 0 aliphatic heterocycles. The van der Waals surface area contributed by atoms with E-state index in [2.05, 4.69) is 13.8 Å². The molecule has 0 aromatic carbocycles. The fraction of sp³-hybridized carbons (Fsp3) is 1.00. The van der Waals surface area contributed by atoms with Crippen LogP contribution in [0.4, 0.5) is 0 Å². The molecule has 106 valence electrons. The van der Waals surface area contributed by atoms with Crippen LogP contribution in [0.5, 0.6) is 0 Å². The van der Waals surface area contributed by atoms with Gasteiger partial charge in [-0.1, -0.05) is 83.3 Å². The van der Waals surface area contributed by atoms with E-state index in [9.17, 15) is 5.11 Å². The third-order valence-electron chi connectivity index (χ3n) is 4.18. The predicted octanol–water partition coefficient (Wildman–Crippen LogP) is 2.98. The molecule has 0 rings (SSSR count). The van der Waals surface area contributed by atoms with E-state index in [1.165, 1.54) is 25.7 Å². The minimum absolute atomic E-state index is 0.0452. The predicted molar refractivity (Wildman–Crippen MR) is 91.7 cm³/mol. The zero-order chi connectivity index (χ0) is 15.6. The molecule has 0 bridgehead atoms. The first-order valence-electron chi connectivity index (χ1n) is 8.15. The summed E-state index contributed by atoms with van der Waals surface area (Å²) in [5.74, 6) is -0.0452. The SMILES string of the molecule is [B]C([B])(O)C([B])([B])C(CCCCCC)CCCCCC. The molecule has 0 heterocycles. The van der Waals surface area contributed by atoms with E-state index < -0.39 is 10.6 Å². The monoisotopic (exact) mass is 268 g/mol. The Hall–Kier alpha value is 0.220. The summed E-state index contributed by atoms with van der Waals surface area (Å²) in [5.41, 5.74) is 0. The maximum atomic E-state index is 9.83. The van der Waals surface area contributed by atoms with Crippen LogP contribution in [0.1, 0.15) is 78.1 Å². The van der Waals surface area contributed by atoms with Crippen molar-refractivity contribution in [2.45, 2.75) is 88.7 Å². The molecule has 0 atom stereocenters. The Balaban J connectivity index is 4.45. The number of hydrogen-bond donors (Lipinski definition) is 1. The van der Waals surface area contributed by atoms with Gasteiger partial charge in [0.2, 0.25) is 0 Å². The van der Waals surface area contributed by atoms with E-state index in [1.807, 2.05) is 0 Å². The molecule has 0 aromatic rings. The molecule has 20 heavy (non-hydrogen) atoms. The largest absolute Gasteiger partial charge is 0.410 e. The summed E-state index contributed by atoms with van der Waals surface area (Å²) in [6, 6.07) is 0. The molecule has 8 radical (unpaired) electrons. The Kier molecular flexibility index (Phi) is 10.1. The van der Waals surface area contributed by atoms with Gasteiger partial charge in [0.15, 0.2) is 0 Å². The second-order valence-corrected chi connectivity index (χ2v) is 6.15. The third kappa shape index (κ3) is 7.29. The average Bonchev–Trinajstić information content (AvgIpc) is 2.35. The molecule has 0 aliphatic rings. The second-order valence-electron chi connectivity index (χ2n) is 6.15. The van der Waals surface area contributed by atoms with Crippen molar-refractivity contribution < 1.29 is 5.11 Å². The first kappa shape index (κ1) is 20.2. The Morgan fingerprint density at radius 3 is 1.45 bits per heavy atom. The van der Waals surface area contributed by atoms with Gasteiger partial charge in [-0.3, -0.25) is 0 Å². The van der Waals surface area contributed by atoms with Crippen LogP contribution in [-0.2, 0) is 0 Å². The smallest absolute Gasteiger partial charge is 0.0977 e. The van der Waals surface area contributed by atoms with Crippen molar-refractivity contribution in [2.24, 2.45) is 5.92 Å². The normalized spacial score (nSPS) is 13.0. The molecule has 0 unspecified atom stereocenters. The average molecular weight is 268 g/mol. The number of hydrogen-bond acceptors (Lipinski definition) is 1. The van der Waals surface area contributed by atoms with E-state index >= 15 is 0 Å². The molecule has 1 N–H and O–H groups in total. The van der Waals surface area contributed by atoms with Crippen molar-refractivity contribution in [1.29, 1.82) is 0 Å². The van der Waals surface area contributed by atoms with Gasteiger partial charge in [0.25, 0.3) is 0 Å². The van der Waals surface area contributed by atoms with Crippen molar-refractivity contribution in [3.8, 4) is 0 Å². The van der Waals surface area contributed by atoms with Crippen LogP contribution in [-0.4, -0.2) is 41.9 Å². The number of aliphatic hydroxyl groups is 1. The quantitative estimate of drug-likeness (QED) is 0.426. The zero-order valence-electron chi connectivity index (χ0n) is 13.4. The van der Waals surface area contributed by atoms with Crippen molar-refractivity contribution >= 4 is 31.4 Å². The molecule has 0 aliphatic carbocycles. The standard InChI is InChI=1S/C15H28B4O/c1-3-5-7-9-11-13(12-10-8-6-4-2)14(16,17)15(18,19)20/h13,20H,3-12H2,1-2H3. The van der Waals surface area contributed by atoms with Gasteiger partial charge < -0.3 is 5.11 Å². The lowest BCUT2D eigenvalue weighted by atomic mass is 9.31. The van der Waals surface area contributed by atoms with Gasteiger partial charge in [-0.15, -0.1) is 0 Å². The Morgan fingerprint density at radius 2 is 1.15 bits per heavy atom. The van der Waals surface area contributed by atoms with Crippen LogP contribution in [0, 0.1) is 5.92 Å². The lowest BCUT2D eigenvalue weighted by molar-refractivity contribution is 0.149. The summed E-state index contributed by atoms with van der Waals surface area (Å²) in [6.45, 7) is 4.35. The topological polar surface area (TPSA) is 20.2 Å². The van der Waals surface area contributed by atoms with Gasteiger partial charge in [0.05, 0.1) is 31.4 Å². The summed E-state index contributed by atoms with van der Waals surface area (Å²) < 4.78 is 0. The molecule has 0 fully saturated rings. The highest BCUT2D eigenvalue weighted by Crippen LogP contribution is 2.42. The number of unbranched alkanes of at least 4 members (excludes halogenated alkanes) is 6. The molecule has 0 saturated heterocycles. The molecule has 0 amide bonds. The van der Waals surface area contributed by atoms with E-state index in [4.69, 9.17) is 31.4 Å². The van der Waals surface area contributed by atoms with Crippen LogP contribution in [0.2, 0.25) is 5.21 Å². The van der Waals surface area contributed by atoms with Crippen LogP contribution in [0.3, 0.4) is 0 Å². The van der Waals surface area contributed by atoms with E-state index in [0.717, 1.165) is 38.5 Å². The first-order valence-corrected chi connectivity index (χ1v) is 8.15. The summed E-state index contributed by atoms with van der Waals surface area (Å²) >= 11 is 0. The summed E-state index contributed by atoms with van der Waals surface area (Å²) in [4.78, 5) is 0. The van der Waals surface area contributed by atoms with Crippen molar-refractivity contribution in [3.05, 3.63) is 0 Å². The van der Waals surface area contributed by atoms with Crippen LogP contribution >= 0.6 is 0 Å². The Morgan fingerprint density at radius 1 is 0.750 bits per heavy atom. The fourth-order valence-corrected chi connectivity index (χ4v) is 2.58. The molecular weight excluding hydrogens is 239 g/mol. The fourth-order valence-electron chi connectivity index (χ4n) is 2.58. The molecule has 0 spiro atoms. The number of rotatable bonds is 12. The van der Waals surface area contributed by atoms with Gasteiger partial charge >= 0.3 is 0 Å². The lowest BCUT2D eigenvalue weighted by Gasteiger charge is -2.46. The van der Waals surface area contributed by atoms with Gasteiger partial charge in [-0.25, -0.2) is 0 Å². The highest BCUT2D eigenvalue weighted by atomic mass is 16.3. The zero-order valence-corrected chi connectivity index (χ0v) is 13.4. The minimum atomic E-state index is -2.03. The van der Waals surface area contributed by atoms with E-state index in [1.54, 1.807) is 0 Å².